The molecular formula is C13H19ClN2O3. The van der Waals surface area contributed by atoms with Gasteiger partial charge in [0.05, 0.1) is 11.5 Å². The third-order valence-electron chi connectivity index (χ3n) is 2.74. The Hall–Kier alpha value is -1.36. The second-order valence-electron chi connectivity index (χ2n) is 4.33. The van der Waals surface area contributed by atoms with Crippen LogP contribution in [0, 0.1) is 10.1 Å². The molecule has 0 atom stereocenters. The number of aromatic nitrogens is 1. The van der Waals surface area contributed by atoms with Crippen molar-refractivity contribution in [3.63, 3.8) is 0 Å². The summed E-state index contributed by atoms with van der Waals surface area (Å²) in [6.45, 7) is 2.60. The standard InChI is InChI=1S/C13H19ClN2O3/c1-2-3-4-5-6-7-10-19-13-11(16(17)18)8-9-12(14)15-13/h8-9H,2-7,10H2,1H3. The summed E-state index contributed by atoms with van der Waals surface area (Å²) < 4.78 is 5.35. The smallest absolute Gasteiger partial charge is 0.331 e. The number of unbranched alkanes of at least 4 members (excludes halogenated alkanes) is 5. The lowest BCUT2D eigenvalue weighted by Crippen LogP contribution is -2.02. The van der Waals surface area contributed by atoms with Gasteiger partial charge in [0.15, 0.2) is 0 Å². The first kappa shape index (κ1) is 15.7. The van der Waals surface area contributed by atoms with E-state index in [4.69, 9.17) is 16.3 Å². The zero-order valence-electron chi connectivity index (χ0n) is 11.1. The highest BCUT2D eigenvalue weighted by Crippen LogP contribution is 2.26. The van der Waals surface area contributed by atoms with Crippen LogP contribution >= 0.6 is 11.6 Å². The van der Waals surface area contributed by atoms with E-state index >= 15 is 0 Å². The predicted octanol–water partition coefficient (Wildman–Crippen LogP) is 4.38. The predicted molar refractivity (Wildman–Crippen MR) is 74.8 cm³/mol. The van der Waals surface area contributed by atoms with E-state index in [1.165, 1.54) is 37.8 Å². The summed E-state index contributed by atoms with van der Waals surface area (Å²) in [5, 5.41) is 11.0. The van der Waals surface area contributed by atoms with Crippen LogP contribution in [0.1, 0.15) is 45.4 Å². The SMILES string of the molecule is CCCCCCCCOc1nc(Cl)ccc1[N+](=O)[O-]. The van der Waals surface area contributed by atoms with E-state index < -0.39 is 4.92 Å². The van der Waals surface area contributed by atoms with Gasteiger partial charge in [-0.2, -0.15) is 4.98 Å². The van der Waals surface area contributed by atoms with Gasteiger partial charge in [-0.25, -0.2) is 0 Å². The summed E-state index contributed by atoms with van der Waals surface area (Å²) in [6, 6.07) is 2.70. The number of ether oxygens (including phenoxy) is 1. The number of nitrogens with zero attached hydrogens (tertiary/aromatic N) is 2. The summed E-state index contributed by atoms with van der Waals surface area (Å²) in [5.41, 5.74) is -0.143. The highest BCUT2D eigenvalue weighted by atomic mass is 35.5. The van der Waals surface area contributed by atoms with Crippen LogP contribution in [0.2, 0.25) is 5.15 Å². The molecule has 0 N–H and O–H groups in total. The Balaban J connectivity index is 2.36. The Kier molecular flexibility index (Phi) is 7.18. The van der Waals surface area contributed by atoms with Crippen molar-refractivity contribution in [2.75, 3.05) is 6.61 Å². The van der Waals surface area contributed by atoms with Crippen LogP contribution in [-0.2, 0) is 0 Å². The first-order valence-corrected chi connectivity index (χ1v) is 6.96. The lowest BCUT2D eigenvalue weighted by molar-refractivity contribution is -0.386. The molecule has 0 saturated carbocycles. The fourth-order valence-electron chi connectivity index (χ4n) is 1.71. The van der Waals surface area contributed by atoms with Crippen LogP contribution in [-0.4, -0.2) is 16.5 Å². The molecular weight excluding hydrogens is 268 g/mol. The monoisotopic (exact) mass is 286 g/mol. The first-order valence-electron chi connectivity index (χ1n) is 6.59. The average Bonchev–Trinajstić information content (AvgIpc) is 2.37. The van der Waals surface area contributed by atoms with Gasteiger partial charge >= 0.3 is 5.69 Å². The second-order valence-corrected chi connectivity index (χ2v) is 4.72. The maximum atomic E-state index is 10.8. The Bertz CT molecular complexity index is 413. The maximum absolute atomic E-state index is 10.8. The summed E-state index contributed by atoms with van der Waals surface area (Å²) in [7, 11) is 0. The van der Waals surface area contributed by atoms with Gasteiger partial charge in [-0.3, -0.25) is 10.1 Å². The topological polar surface area (TPSA) is 65.3 Å². The third kappa shape index (κ3) is 5.87. The average molecular weight is 287 g/mol. The van der Waals surface area contributed by atoms with Crippen molar-refractivity contribution in [1.29, 1.82) is 0 Å². The molecule has 0 radical (unpaired) electrons. The zero-order valence-corrected chi connectivity index (χ0v) is 11.9. The number of nitro groups is 1. The van der Waals surface area contributed by atoms with Gasteiger partial charge in [0.2, 0.25) is 0 Å². The van der Waals surface area contributed by atoms with Crippen molar-refractivity contribution in [2.24, 2.45) is 0 Å². The van der Waals surface area contributed by atoms with Gasteiger partial charge in [0.25, 0.3) is 5.88 Å². The Labute approximate surface area is 118 Å². The van der Waals surface area contributed by atoms with E-state index in [-0.39, 0.29) is 16.7 Å². The Morgan fingerprint density at radius 3 is 2.63 bits per heavy atom. The molecule has 19 heavy (non-hydrogen) atoms. The largest absolute Gasteiger partial charge is 0.473 e. The van der Waals surface area contributed by atoms with Gasteiger partial charge in [0.1, 0.15) is 5.15 Å². The van der Waals surface area contributed by atoms with Crippen molar-refractivity contribution < 1.29 is 9.66 Å². The second kappa shape index (κ2) is 8.69. The van der Waals surface area contributed by atoms with Crippen LogP contribution in [0.5, 0.6) is 5.88 Å². The van der Waals surface area contributed by atoms with E-state index in [1.807, 2.05) is 0 Å². The van der Waals surface area contributed by atoms with Crippen LogP contribution in [0.15, 0.2) is 12.1 Å². The van der Waals surface area contributed by atoms with Crippen LogP contribution in [0.25, 0.3) is 0 Å². The fraction of sp³-hybridized carbons (Fsp3) is 0.615. The molecule has 0 spiro atoms. The quantitative estimate of drug-likeness (QED) is 0.292. The normalized spacial score (nSPS) is 10.4. The number of pyridine rings is 1. The summed E-state index contributed by atoms with van der Waals surface area (Å²) >= 11 is 5.71. The van der Waals surface area contributed by atoms with E-state index in [1.54, 1.807) is 0 Å². The maximum Gasteiger partial charge on any atom is 0.331 e. The molecule has 1 aromatic heterocycles. The van der Waals surface area contributed by atoms with E-state index in [2.05, 4.69) is 11.9 Å². The molecule has 0 fully saturated rings. The minimum absolute atomic E-state index is 0.00561. The van der Waals surface area contributed by atoms with Crippen molar-refractivity contribution in [3.8, 4) is 5.88 Å². The number of hydrogen-bond donors (Lipinski definition) is 0. The minimum Gasteiger partial charge on any atom is -0.473 e. The molecule has 1 heterocycles. The summed E-state index contributed by atoms with van der Waals surface area (Å²) in [4.78, 5) is 14.1. The van der Waals surface area contributed by atoms with Crippen LogP contribution in [0.3, 0.4) is 0 Å². The molecule has 0 aromatic carbocycles. The molecule has 0 saturated heterocycles. The summed E-state index contributed by atoms with van der Waals surface area (Å²) in [6.07, 6.45) is 6.80. The first-order chi connectivity index (χ1) is 9.15. The van der Waals surface area contributed by atoms with Gasteiger partial charge in [-0.15, -0.1) is 0 Å². The van der Waals surface area contributed by atoms with Gasteiger partial charge in [0, 0.05) is 6.07 Å². The molecule has 0 unspecified atom stereocenters. The van der Waals surface area contributed by atoms with Crippen molar-refractivity contribution in [3.05, 3.63) is 27.4 Å². The molecule has 106 valence electrons. The van der Waals surface area contributed by atoms with Gasteiger partial charge in [-0.05, 0) is 12.5 Å². The molecule has 0 amide bonds. The van der Waals surface area contributed by atoms with Gasteiger partial charge in [-0.1, -0.05) is 50.6 Å². The molecule has 6 heteroatoms. The Morgan fingerprint density at radius 1 is 1.26 bits per heavy atom. The van der Waals surface area contributed by atoms with Crippen LogP contribution in [0.4, 0.5) is 5.69 Å². The number of rotatable bonds is 9. The van der Waals surface area contributed by atoms with E-state index in [0.717, 1.165) is 12.8 Å². The Morgan fingerprint density at radius 2 is 1.95 bits per heavy atom. The highest BCUT2D eigenvalue weighted by Gasteiger charge is 2.16. The molecule has 5 nitrogen and oxygen atoms in total. The lowest BCUT2D eigenvalue weighted by Gasteiger charge is -2.06. The molecule has 0 aliphatic heterocycles. The van der Waals surface area contributed by atoms with Crippen molar-refractivity contribution in [1.82, 2.24) is 4.98 Å². The highest BCUT2D eigenvalue weighted by molar-refractivity contribution is 6.29. The van der Waals surface area contributed by atoms with Crippen LogP contribution < -0.4 is 4.74 Å². The third-order valence-corrected chi connectivity index (χ3v) is 2.95. The lowest BCUT2D eigenvalue weighted by atomic mass is 10.1. The number of halogens is 1. The molecule has 0 bridgehead atoms. The zero-order chi connectivity index (χ0) is 14.1. The molecule has 0 aliphatic rings. The van der Waals surface area contributed by atoms with Gasteiger partial charge < -0.3 is 4.74 Å². The van der Waals surface area contributed by atoms with Crippen molar-refractivity contribution in [2.45, 2.75) is 45.4 Å². The van der Waals surface area contributed by atoms with E-state index in [9.17, 15) is 10.1 Å². The molecule has 1 aromatic rings. The molecule has 0 aliphatic carbocycles. The fourth-order valence-corrected chi connectivity index (χ4v) is 1.85. The number of hydrogen-bond acceptors (Lipinski definition) is 4. The molecule has 1 rings (SSSR count). The van der Waals surface area contributed by atoms with E-state index in [0.29, 0.717) is 6.61 Å². The minimum atomic E-state index is -0.514. The van der Waals surface area contributed by atoms with Crippen molar-refractivity contribution >= 4 is 17.3 Å². The summed E-state index contributed by atoms with van der Waals surface area (Å²) in [5.74, 6) is 0.00561.